The van der Waals surface area contributed by atoms with Gasteiger partial charge in [0.15, 0.2) is 11.0 Å². The van der Waals surface area contributed by atoms with Gasteiger partial charge < -0.3 is 9.88 Å². The SMILES string of the molecule is CCn1c(SCC(=O)Nc2ccccc2F)nnc1-c1ccc(C(C)(C)C)cc1. The van der Waals surface area contributed by atoms with Gasteiger partial charge in [-0.2, -0.15) is 0 Å². The Morgan fingerprint density at radius 2 is 1.79 bits per heavy atom. The summed E-state index contributed by atoms with van der Waals surface area (Å²) >= 11 is 1.28. The Hall–Kier alpha value is -2.67. The summed E-state index contributed by atoms with van der Waals surface area (Å²) in [6, 6.07) is 14.4. The van der Waals surface area contributed by atoms with Crippen molar-refractivity contribution in [2.24, 2.45) is 0 Å². The second kappa shape index (κ2) is 8.78. The number of carbonyl (C=O) groups excluding carboxylic acids is 1. The molecule has 152 valence electrons. The Bertz CT molecular complexity index is 993. The molecule has 0 unspecified atom stereocenters. The predicted molar refractivity (Wildman–Crippen MR) is 116 cm³/mol. The summed E-state index contributed by atoms with van der Waals surface area (Å²) < 4.78 is 15.7. The summed E-state index contributed by atoms with van der Waals surface area (Å²) in [4.78, 5) is 12.2. The Morgan fingerprint density at radius 3 is 2.41 bits per heavy atom. The van der Waals surface area contributed by atoms with E-state index in [1.54, 1.807) is 12.1 Å². The predicted octanol–water partition coefficient (Wildman–Crippen LogP) is 5.13. The van der Waals surface area contributed by atoms with E-state index in [-0.39, 0.29) is 22.8 Å². The molecule has 7 heteroatoms. The number of hydrogen-bond acceptors (Lipinski definition) is 4. The third kappa shape index (κ3) is 5.03. The van der Waals surface area contributed by atoms with Crippen molar-refractivity contribution in [3.63, 3.8) is 0 Å². The molecule has 3 aromatic rings. The molecule has 1 N–H and O–H groups in total. The van der Waals surface area contributed by atoms with Gasteiger partial charge in [-0.05, 0) is 30.0 Å². The van der Waals surface area contributed by atoms with Crippen molar-refractivity contribution in [1.82, 2.24) is 14.8 Å². The smallest absolute Gasteiger partial charge is 0.234 e. The number of hydrogen-bond donors (Lipinski definition) is 1. The molecule has 3 rings (SSSR count). The first-order chi connectivity index (χ1) is 13.8. The van der Waals surface area contributed by atoms with E-state index in [1.165, 1.54) is 29.5 Å². The fourth-order valence-electron chi connectivity index (χ4n) is 2.89. The molecule has 0 aliphatic rings. The molecule has 0 bridgehead atoms. The van der Waals surface area contributed by atoms with Crippen molar-refractivity contribution in [2.45, 2.75) is 44.8 Å². The van der Waals surface area contributed by atoms with Gasteiger partial charge in [-0.1, -0.05) is 68.9 Å². The van der Waals surface area contributed by atoms with Crippen molar-refractivity contribution in [2.75, 3.05) is 11.1 Å². The maximum Gasteiger partial charge on any atom is 0.234 e. The Labute approximate surface area is 174 Å². The van der Waals surface area contributed by atoms with Crippen LogP contribution in [-0.4, -0.2) is 26.4 Å². The molecule has 0 saturated carbocycles. The lowest BCUT2D eigenvalue weighted by atomic mass is 9.87. The number of nitrogens with zero attached hydrogens (tertiary/aromatic N) is 3. The van der Waals surface area contributed by atoms with E-state index in [4.69, 9.17) is 0 Å². The second-order valence-corrected chi connectivity index (χ2v) is 8.64. The normalized spacial score (nSPS) is 11.5. The highest BCUT2D eigenvalue weighted by Crippen LogP contribution is 2.27. The number of carbonyl (C=O) groups is 1. The zero-order valence-electron chi connectivity index (χ0n) is 17.1. The summed E-state index contributed by atoms with van der Waals surface area (Å²) in [5, 5.41) is 11.8. The maximum absolute atomic E-state index is 13.7. The number of para-hydroxylation sites is 1. The minimum Gasteiger partial charge on any atom is -0.323 e. The summed E-state index contributed by atoms with van der Waals surface area (Å²) in [5.74, 6) is 0.144. The van der Waals surface area contributed by atoms with Crippen LogP contribution in [0.4, 0.5) is 10.1 Å². The number of thioether (sulfide) groups is 1. The van der Waals surface area contributed by atoms with Crippen LogP contribution in [0.15, 0.2) is 53.7 Å². The van der Waals surface area contributed by atoms with Gasteiger partial charge in [0.25, 0.3) is 0 Å². The van der Waals surface area contributed by atoms with E-state index in [0.717, 1.165) is 11.4 Å². The molecular formula is C22H25FN4OS. The van der Waals surface area contributed by atoms with E-state index >= 15 is 0 Å². The van der Waals surface area contributed by atoms with Gasteiger partial charge in [0.1, 0.15) is 5.82 Å². The average molecular weight is 413 g/mol. The van der Waals surface area contributed by atoms with Gasteiger partial charge in [-0.25, -0.2) is 4.39 Å². The van der Waals surface area contributed by atoms with E-state index in [0.29, 0.717) is 11.7 Å². The van der Waals surface area contributed by atoms with E-state index in [9.17, 15) is 9.18 Å². The lowest BCUT2D eigenvalue weighted by molar-refractivity contribution is -0.113. The third-order valence-electron chi connectivity index (χ3n) is 4.52. The second-order valence-electron chi connectivity index (χ2n) is 7.69. The molecule has 2 aromatic carbocycles. The number of nitrogens with one attached hydrogen (secondary N) is 1. The fraction of sp³-hybridized carbons (Fsp3) is 0.318. The van der Waals surface area contributed by atoms with Crippen LogP contribution in [0.3, 0.4) is 0 Å². The largest absolute Gasteiger partial charge is 0.323 e. The summed E-state index contributed by atoms with van der Waals surface area (Å²) in [6.45, 7) is 9.23. The maximum atomic E-state index is 13.7. The number of benzene rings is 2. The average Bonchev–Trinajstić information content (AvgIpc) is 3.10. The van der Waals surface area contributed by atoms with Crippen molar-refractivity contribution < 1.29 is 9.18 Å². The Balaban J connectivity index is 1.71. The van der Waals surface area contributed by atoms with Crippen LogP contribution in [0.1, 0.15) is 33.3 Å². The first-order valence-corrected chi connectivity index (χ1v) is 10.5. The van der Waals surface area contributed by atoms with Crippen LogP contribution in [0, 0.1) is 5.82 Å². The van der Waals surface area contributed by atoms with Gasteiger partial charge in [0, 0.05) is 12.1 Å². The van der Waals surface area contributed by atoms with Gasteiger partial charge in [0.05, 0.1) is 11.4 Å². The van der Waals surface area contributed by atoms with Crippen LogP contribution >= 0.6 is 11.8 Å². The number of halogens is 1. The van der Waals surface area contributed by atoms with E-state index < -0.39 is 5.82 Å². The number of aromatic nitrogens is 3. The molecule has 0 radical (unpaired) electrons. The lowest BCUT2D eigenvalue weighted by Crippen LogP contribution is -2.15. The van der Waals surface area contributed by atoms with Crippen molar-refractivity contribution in [3.05, 3.63) is 59.9 Å². The number of anilines is 1. The fourth-order valence-corrected chi connectivity index (χ4v) is 3.69. The number of amides is 1. The van der Waals surface area contributed by atoms with Crippen LogP contribution in [0.25, 0.3) is 11.4 Å². The van der Waals surface area contributed by atoms with Crippen molar-refractivity contribution >= 4 is 23.4 Å². The standard InChI is InChI=1S/C22H25FN4OS/c1-5-27-20(15-10-12-16(13-11-15)22(2,3)4)25-26-21(27)29-14-19(28)24-18-9-7-6-8-17(18)23/h6-13H,5,14H2,1-4H3,(H,24,28). The molecular weight excluding hydrogens is 387 g/mol. The van der Waals surface area contributed by atoms with Gasteiger partial charge in [-0.15, -0.1) is 10.2 Å². The molecule has 0 fully saturated rings. The highest BCUT2D eigenvalue weighted by Gasteiger charge is 2.17. The van der Waals surface area contributed by atoms with E-state index in [1.807, 2.05) is 11.5 Å². The summed E-state index contributed by atoms with van der Waals surface area (Å²) in [6.07, 6.45) is 0. The third-order valence-corrected chi connectivity index (χ3v) is 5.49. The molecule has 1 aromatic heterocycles. The number of rotatable bonds is 6. The minimum atomic E-state index is -0.455. The lowest BCUT2D eigenvalue weighted by Gasteiger charge is -2.19. The zero-order chi connectivity index (χ0) is 21.0. The molecule has 0 saturated heterocycles. The monoisotopic (exact) mass is 412 g/mol. The highest BCUT2D eigenvalue weighted by molar-refractivity contribution is 7.99. The highest BCUT2D eigenvalue weighted by atomic mass is 32.2. The Morgan fingerprint density at radius 1 is 1.10 bits per heavy atom. The Kier molecular flexibility index (Phi) is 6.37. The first kappa shape index (κ1) is 21.0. The van der Waals surface area contributed by atoms with Crippen LogP contribution in [-0.2, 0) is 16.8 Å². The molecule has 1 amide bonds. The minimum absolute atomic E-state index is 0.0869. The molecule has 29 heavy (non-hydrogen) atoms. The van der Waals surface area contributed by atoms with Gasteiger partial charge >= 0.3 is 0 Å². The van der Waals surface area contributed by atoms with Crippen molar-refractivity contribution in [1.29, 1.82) is 0 Å². The van der Waals surface area contributed by atoms with Crippen LogP contribution in [0.2, 0.25) is 0 Å². The summed E-state index contributed by atoms with van der Waals surface area (Å²) in [7, 11) is 0. The molecule has 0 atom stereocenters. The molecule has 0 aliphatic carbocycles. The summed E-state index contributed by atoms with van der Waals surface area (Å²) in [5.41, 5.74) is 2.50. The molecule has 0 aliphatic heterocycles. The van der Waals surface area contributed by atoms with Gasteiger partial charge in [0.2, 0.25) is 5.91 Å². The topological polar surface area (TPSA) is 59.8 Å². The quantitative estimate of drug-likeness (QED) is 0.570. The van der Waals surface area contributed by atoms with Crippen LogP contribution < -0.4 is 5.32 Å². The van der Waals surface area contributed by atoms with Crippen LogP contribution in [0.5, 0.6) is 0 Å². The van der Waals surface area contributed by atoms with Gasteiger partial charge in [-0.3, -0.25) is 4.79 Å². The van der Waals surface area contributed by atoms with Crippen molar-refractivity contribution in [3.8, 4) is 11.4 Å². The van der Waals surface area contributed by atoms with E-state index in [2.05, 4.69) is 60.6 Å². The zero-order valence-corrected chi connectivity index (χ0v) is 17.9. The molecule has 1 heterocycles. The molecule has 0 spiro atoms. The molecule has 5 nitrogen and oxygen atoms in total. The first-order valence-electron chi connectivity index (χ1n) is 9.51.